The number of carbonyl (C=O) groups excluding carboxylic acids is 2. The lowest BCUT2D eigenvalue weighted by molar-refractivity contribution is -0.126. The highest BCUT2D eigenvalue weighted by molar-refractivity contribution is 5.97. The number of halogens is 1. The average Bonchev–Trinajstić information content (AvgIpc) is 2.48. The molecule has 108 valence electrons. The quantitative estimate of drug-likeness (QED) is 0.898. The van der Waals surface area contributed by atoms with Crippen molar-refractivity contribution in [2.24, 2.45) is 0 Å². The van der Waals surface area contributed by atoms with Gasteiger partial charge in [0.05, 0.1) is 0 Å². The molecule has 1 aliphatic heterocycles. The van der Waals surface area contributed by atoms with E-state index >= 15 is 0 Å². The predicted molar refractivity (Wildman–Crippen MR) is 73.9 cm³/mol. The number of likely N-dealkylation sites (tertiary alicyclic amines) is 1. The van der Waals surface area contributed by atoms with Gasteiger partial charge in [0.1, 0.15) is 11.9 Å². The summed E-state index contributed by atoms with van der Waals surface area (Å²) in [5, 5.41) is 2.60. The zero-order valence-corrected chi connectivity index (χ0v) is 11.8. The van der Waals surface area contributed by atoms with Crippen molar-refractivity contribution in [3.05, 3.63) is 35.1 Å². The fourth-order valence-electron chi connectivity index (χ4n) is 2.56. The number of benzene rings is 1. The molecule has 1 aliphatic rings. The van der Waals surface area contributed by atoms with Crippen molar-refractivity contribution in [1.29, 1.82) is 0 Å². The van der Waals surface area contributed by atoms with Gasteiger partial charge >= 0.3 is 0 Å². The maximum atomic E-state index is 13.3. The Hall–Kier alpha value is -1.91. The Balaban J connectivity index is 2.25. The lowest BCUT2D eigenvalue weighted by Crippen LogP contribution is -2.51. The summed E-state index contributed by atoms with van der Waals surface area (Å²) < 4.78 is 13.3. The number of carbonyl (C=O) groups is 2. The molecule has 2 amide bonds. The first-order chi connectivity index (χ1) is 9.54. The predicted octanol–water partition coefficient (Wildman–Crippen LogP) is 1.87. The molecule has 1 heterocycles. The van der Waals surface area contributed by atoms with Gasteiger partial charge in [0, 0.05) is 19.2 Å². The average molecular weight is 278 g/mol. The molecule has 1 fully saturated rings. The number of nitrogens with one attached hydrogen (secondary N) is 1. The van der Waals surface area contributed by atoms with Crippen LogP contribution >= 0.6 is 0 Å². The Labute approximate surface area is 118 Å². The number of amides is 2. The van der Waals surface area contributed by atoms with E-state index in [0.717, 1.165) is 12.8 Å². The van der Waals surface area contributed by atoms with Gasteiger partial charge in [-0.15, -0.1) is 0 Å². The summed E-state index contributed by atoms with van der Waals surface area (Å²) in [6.07, 6.45) is 2.50. The van der Waals surface area contributed by atoms with Gasteiger partial charge in [-0.05, 0) is 49.9 Å². The molecule has 4 nitrogen and oxygen atoms in total. The number of aryl methyl sites for hydroxylation is 1. The van der Waals surface area contributed by atoms with Crippen molar-refractivity contribution in [3.8, 4) is 0 Å². The summed E-state index contributed by atoms with van der Waals surface area (Å²) >= 11 is 0. The SMILES string of the molecule is CNC(=O)C1CCCCN1C(=O)c1ccc(F)c(C)c1. The molecule has 20 heavy (non-hydrogen) atoms. The Kier molecular flexibility index (Phi) is 4.37. The van der Waals surface area contributed by atoms with E-state index in [1.807, 2.05) is 0 Å². The summed E-state index contributed by atoms with van der Waals surface area (Å²) in [6.45, 7) is 2.19. The number of hydrogen-bond acceptors (Lipinski definition) is 2. The van der Waals surface area contributed by atoms with Gasteiger partial charge in [-0.1, -0.05) is 0 Å². The van der Waals surface area contributed by atoms with Crippen LogP contribution in [-0.4, -0.2) is 36.3 Å². The number of hydrogen-bond donors (Lipinski definition) is 1. The molecule has 1 saturated heterocycles. The van der Waals surface area contributed by atoms with Gasteiger partial charge in [-0.2, -0.15) is 0 Å². The number of likely N-dealkylation sites (N-methyl/N-ethyl adjacent to an activating group) is 1. The summed E-state index contributed by atoms with van der Waals surface area (Å²) in [5.74, 6) is -0.679. The third-order valence-electron chi connectivity index (χ3n) is 3.72. The van der Waals surface area contributed by atoms with E-state index in [2.05, 4.69) is 5.32 Å². The van der Waals surface area contributed by atoms with Crippen LogP contribution in [0.5, 0.6) is 0 Å². The third kappa shape index (κ3) is 2.81. The summed E-state index contributed by atoms with van der Waals surface area (Å²) in [6, 6.07) is 3.88. The summed E-state index contributed by atoms with van der Waals surface area (Å²) in [5.41, 5.74) is 0.865. The van der Waals surface area contributed by atoms with E-state index in [-0.39, 0.29) is 17.6 Å². The highest BCUT2D eigenvalue weighted by Gasteiger charge is 2.32. The molecule has 0 aromatic heterocycles. The van der Waals surface area contributed by atoms with E-state index in [4.69, 9.17) is 0 Å². The van der Waals surface area contributed by atoms with Gasteiger partial charge in [0.15, 0.2) is 0 Å². The third-order valence-corrected chi connectivity index (χ3v) is 3.72. The van der Waals surface area contributed by atoms with Gasteiger partial charge in [-0.3, -0.25) is 9.59 Å². The second-order valence-corrected chi connectivity index (χ2v) is 5.09. The van der Waals surface area contributed by atoms with Crippen LogP contribution in [0.4, 0.5) is 4.39 Å². The van der Waals surface area contributed by atoms with Crippen molar-refractivity contribution in [2.75, 3.05) is 13.6 Å². The van der Waals surface area contributed by atoms with Crippen LogP contribution < -0.4 is 5.32 Å². The topological polar surface area (TPSA) is 49.4 Å². The van der Waals surface area contributed by atoms with Crippen LogP contribution in [0.3, 0.4) is 0 Å². The van der Waals surface area contributed by atoms with Crippen LogP contribution in [0, 0.1) is 12.7 Å². The molecule has 1 aromatic rings. The monoisotopic (exact) mass is 278 g/mol. The fourth-order valence-corrected chi connectivity index (χ4v) is 2.56. The molecule has 0 radical (unpaired) electrons. The molecular formula is C15H19FN2O2. The van der Waals surface area contributed by atoms with Gasteiger partial charge < -0.3 is 10.2 Å². The largest absolute Gasteiger partial charge is 0.357 e. The van der Waals surface area contributed by atoms with Gasteiger partial charge in [0.25, 0.3) is 5.91 Å². The summed E-state index contributed by atoms with van der Waals surface area (Å²) in [4.78, 5) is 26.0. The highest BCUT2D eigenvalue weighted by Crippen LogP contribution is 2.21. The maximum Gasteiger partial charge on any atom is 0.254 e. The van der Waals surface area contributed by atoms with E-state index in [9.17, 15) is 14.0 Å². The molecular weight excluding hydrogens is 259 g/mol. The lowest BCUT2D eigenvalue weighted by Gasteiger charge is -2.34. The maximum absolute atomic E-state index is 13.3. The Morgan fingerprint density at radius 2 is 2.10 bits per heavy atom. The first-order valence-corrected chi connectivity index (χ1v) is 6.83. The van der Waals surface area contributed by atoms with E-state index in [0.29, 0.717) is 24.1 Å². The minimum absolute atomic E-state index is 0.142. The first-order valence-electron chi connectivity index (χ1n) is 6.83. The van der Waals surface area contributed by atoms with Crippen LogP contribution in [0.15, 0.2) is 18.2 Å². The highest BCUT2D eigenvalue weighted by atomic mass is 19.1. The van der Waals surface area contributed by atoms with Crippen molar-refractivity contribution in [2.45, 2.75) is 32.2 Å². The van der Waals surface area contributed by atoms with E-state index in [1.165, 1.54) is 18.2 Å². The van der Waals surface area contributed by atoms with Gasteiger partial charge in [0.2, 0.25) is 5.91 Å². The Morgan fingerprint density at radius 3 is 2.75 bits per heavy atom. The number of rotatable bonds is 2. The van der Waals surface area contributed by atoms with Crippen LogP contribution in [0.1, 0.15) is 35.2 Å². The molecule has 1 unspecified atom stereocenters. The molecule has 0 spiro atoms. The zero-order valence-electron chi connectivity index (χ0n) is 11.8. The fraction of sp³-hybridized carbons (Fsp3) is 0.467. The molecule has 0 bridgehead atoms. The van der Waals surface area contributed by atoms with E-state index in [1.54, 1.807) is 18.9 Å². The standard InChI is InChI=1S/C15H19FN2O2/c1-10-9-11(6-7-12(10)16)15(20)18-8-4-3-5-13(18)14(19)17-2/h6-7,9,13H,3-5,8H2,1-2H3,(H,17,19). The lowest BCUT2D eigenvalue weighted by atomic mass is 9.99. The Bertz CT molecular complexity index is 531. The molecule has 0 aliphatic carbocycles. The molecule has 2 rings (SSSR count). The molecule has 1 atom stereocenters. The smallest absolute Gasteiger partial charge is 0.254 e. The molecule has 5 heteroatoms. The second kappa shape index (κ2) is 6.03. The Morgan fingerprint density at radius 1 is 1.35 bits per heavy atom. The van der Waals surface area contributed by atoms with Crippen molar-refractivity contribution < 1.29 is 14.0 Å². The van der Waals surface area contributed by atoms with Crippen LogP contribution in [-0.2, 0) is 4.79 Å². The van der Waals surface area contributed by atoms with Crippen LogP contribution in [0.2, 0.25) is 0 Å². The number of piperidine rings is 1. The second-order valence-electron chi connectivity index (χ2n) is 5.09. The van der Waals surface area contributed by atoms with Crippen molar-refractivity contribution >= 4 is 11.8 Å². The van der Waals surface area contributed by atoms with Gasteiger partial charge in [-0.25, -0.2) is 4.39 Å². The minimum atomic E-state index is -0.424. The summed E-state index contributed by atoms with van der Waals surface area (Å²) in [7, 11) is 1.57. The normalized spacial score (nSPS) is 18.8. The van der Waals surface area contributed by atoms with Crippen molar-refractivity contribution in [3.63, 3.8) is 0 Å². The van der Waals surface area contributed by atoms with Crippen LogP contribution in [0.25, 0.3) is 0 Å². The zero-order chi connectivity index (χ0) is 14.7. The minimum Gasteiger partial charge on any atom is -0.357 e. The molecule has 1 N–H and O–H groups in total. The molecule has 1 aromatic carbocycles. The van der Waals surface area contributed by atoms with E-state index < -0.39 is 6.04 Å². The molecule has 0 saturated carbocycles. The van der Waals surface area contributed by atoms with Crippen molar-refractivity contribution in [1.82, 2.24) is 10.2 Å². The number of nitrogens with zero attached hydrogens (tertiary/aromatic N) is 1. The first kappa shape index (κ1) is 14.5.